The van der Waals surface area contributed by atoms with Gasteiger partial charge in [0.2, 0.25) is 0 Å². The summed E-state index contributed by atoms with van der Waals surface area (Å²) in [5.41, 5.74) is 1.48. The Morgan fingerprint density at radius 3 is 2.41 bits per heavy atom. The first-order valence-electron chi connectivity index (χ1n) is 14.8. The van der Waals surface area contributed by atoms with Crippen molar-refractivity contribution in [3.8, 4) is 11.4 Å². The van der Waals surface area contributed by atoms with Crippen LogP contribution in [-0.4, -0.2) is 52.2 Å². The Morgan fingerprint density at radius 1 is 1.17 bits per heavy atom. The van der Waals surface area contributed by atoms with Crippen LogP contribution in [0.25, 0.3) is 11.4 Å². The zero-order valence-corrected chi connectivity index (χ0v) is 28.4. The minimum Gasteiger partial charge on any atom is -0.361 e. The fraction of sp³-hybridized carbons (Fsp3) is 0.700. The van der Waals surface area contributed by atoms with Gasteiger partial charge in [-0.2, -0.15) is 0 Å². The normalized spacial score (nSPS) is 17.2. The Labute approximate surface area is 254 Å². The van der Waals surface area contributed by atoms with E-state index in [0.717, 1.165) is 49.4 Å². The van der Waals surface area contributed by atoms with E-state index in [1.54, 1.807) is 12.1 Å². The number of nitrogens with one attached hydrogen (secondary N) is 1. The number of ether oxygens (including phenoxy) is 3. The third kappa shape index (κ3) is 10.2. The highest BCUT2D eigenvalue weighted by Gasteiger charge is 2.34. The molecule has 0 radical (unpaired) electrons. The average molecular weight is 630 g/mol. The standard InChI is InChI=1S/C30H49ClFN3O4SSi/c1-8-30(38-18-19-39-30)17-11-9-10-12-25(34-40(36)29(2,3)4)26-27(31)33-28(23-13-15-24(32)16-14-23)35(26)22-37-20-21-41(5,6)7/h13-16,25,34H,8-12,17-22H2,1-7H3/t25-,40+/m0/s1. The molecule has 2 heterocycles. The smallest absolute Gasteiger partial charge is 0.168 e. The van der Waals surface area contributed by atoms with Gasteiger partial charge in [-0.15, -0.1) is 0 Å². The van der Waals surface area contributed by atoms with Crippen molar-refractivity contribution in [3.05, 3.63) is 40.9 Å². The molecule has 1 saturated heterocycles. The first-order chi connectivity index (χ1) is 19.2. The van der Waals surface area contributed by atoms with Gasteiger partial charge in [0, 0.05) is 26.7 Å². The molecule has 1 aliphatic heterocycles. The minimum atomic E-state index is -1.33. The molecule has 0 aliphatic carbocycles. The van der Waals surface area contributed by atoms with Crippen LogP contribution in [0.3, 0.4) is 0 Å². The quantitative estimate of drug-likeness (QED) is 0.151. The van der Waals surface area contributed by atoms with Crippen LogP contribution in [-0.2, 0) is 31.9 Å². The highest BCUT2D eigenvalue weighted by atomic mass is 35.5. The highest BCUT2D eigenvalue weighted by Crippen LogP contribution is 2.34. The van der Waals surface area contributed by atoms with Crippen molar-refractivity contribution in [2.75, 3.05) is 19.8 Å². The molecule has 3 rings (SSSR count). The molecule has 0 saturated carbocycles. The van der Waals surface area contributed by atoms with E-state index in [1.807, 2.05) is 25.3 Å². The molecule has 0 bridgehead atoms. The zero-order chi connectivity index (χ0) is 30.3. The van der Waals surface area contributed by atoms with Crippen LogP contribution in [0.2, 0.25) is 30.8 Å². The molecular formula is C30H49ClFN3O4SSi. The van der Waals surface area contributed by atoms with Crippen LogP contribution in [0, 0.1) is 5.82 Å². The maximum Gasteiger partial charge on any atom is 0.168 e. The van der Waals surface area contributed by atoms with Crippen LogP contribution < -0.4 is 4.72 Å². The number of unbranched alkanes of at least 4 members (excludes halogenated alkanes) is 2. The summed E-state index contributed by atoms with van der Waals surface area (Å²) in [4.78, 5) is 4.71. The van der Waals surface area contributed by atoms with Crippen molar-refractivity contribution >= 4 is 30.7 Å². The minimum absolute atomic E-state index is 0.250. The van der Waals surface area contributed by atoms with Gasteiger partial charge in [0.15, 0.2) is 10.9 Å². The van der Waals surface area contributed by atoms with Gasteiger partial charge in [0.1, 0.15) is 18.4 Å². The lowest BCUT2D eigenvalue weighted by Gasteiger charge is -2.27. The van der Waals surface area contributed by atoms with E-state index in [-0.39, 0.29) is 18.6 Å². The van der Waals surface area contributed by atoms with E-state index in [0.29, 0.717) is 37.2 Å². The first kappa shape index (κ1) is 34.3. The number of halogens is 2. The lowest BCUT2D eigenvalue weighted by Crippen LogP contribution is -2.36. The van der Waals surface area contributed by atoms with Crippen LogP contribution >= 0.6 is 11.6 Å². The van der Waals surface area contributed by atoms with E-state index in [4.69, 9.17) is 30.8 Å². The van der Waals surface area contributed by atoms with Crippen LogP contribution in [0.5, 0.6) is 0 Å². The van der Waals surface area contributed by atoms with E-state index < -0.39 is 29.6 Å². The summed E-state index contributed by atoms with van der Waals surface area (Å²) in [6, 6.07) is 6.94. The average Bonchev–Trinajstić information content (AvgIpc) is 3.49. The van der Waals surface area contributed by atoms with Crippen LogP contribution in [0.1, 0.15) is 78.0 Å². The lowest BCUT2D eigenvalue weighted by molar-refractivity contribution is -0.164. The Morgan fingerprint density at radius 2 is 1.83 bits per heavy atom. The topological polar surface area (TPSA) is 74.6 Å². The van der Waals surface area contributed by atoms with Gasteiger partial charge >= 0.3 is 0 Å². The number of hydrogen-bond acceptors (Lipinski definition) is 5. The fourth-order valence-electron chi connectivity index (χ4n) is 4.75. The fourth-order valence-corrected chi connectivity index (χ4v) is 6.66. The molecule has 1 aromatic heterocycles. The monoisotopic (exact) mass is 629 g/mol. The molecule has 1 N–H and O–H groups in total. The van der Waals surface area contributed by atoms with Gasteiger partial charge in [0.05, 0.1) is 40.7 Å². The molecule has 2 atom stereocenters. The summed E-state index contributed by atoms with van der Waals surface area (Å²) in [5.74, 6) is -0.167. The highest BCUT2D eigenvalue weighted by molar-refractivity contribution is 7.84. The molecule has 11 heteroatoms. The Kier molecular flexibility index (Phi) is 12.6. The van der Waals surface area contributed by atoms with Crippen molar-refractivity contribution < 1.29 is 22.8 Å². The number of benzene rings is 1. The number of hydrogen-bond donors (Lipinski definition) is 1. The second-order valence-corrected chi connectivity index (χ2v) is 21.0. The molecule has 1 aromatic carbocycles. The molecule has 2 aromatic rings. The van der Waals surface area contributed by atoms with E-state index >= 15 is 0 Å². The predicted molar refractivity (Wildman–Crippen MR) is 169 cm³/mol. The third-order valence-electron chi connectivity index (χ3n) is 7.32. The Bertz CT molecular complexity index is 1130. The summed E-state index contributed by atoms with van der Waals surface area (Å²) in [6.07, 6.45) is 5.23. The molecule has 1 fully saturated rings. The van der Waals surface area contributed by atoms with Crippen molar-refractivity contribution in [2.24, 2.45) is 0 Å². The maximum atomic E-state index is 13.7. The van der Waals surface area contributed by atoms with Crippen molar-refractivity contribution in [3.63, 3.8) is 0 Å². The SMILES string of the molecule is CCC1(CCCCC[C@H](N[S@](=O)C(C)(C)C)c2c(Cl)nc(-c3ccc(F)cc3)n2COCC[Si](C)(C)C)OCCO1. The summed E-state index contributed by atoms with van der Waals surface area (Å²) < 4.78 is 49.9. The van der Waals surface area contributed by atoms with E-state index in [9.17, 15) is 8.60 Å². The molecule has 7 nitrogen and oxygen atoms in total. The van der Waals surface area contributed by atoms with E-state index in [2.05, 4.69) is 31.3 Å². The molecule has 0 amide bonds. The predicted octanol–water partition coefficient (Wildman–Crippen LogP) is 7.85. The van der Waals surface area contributed by atoms with Gasteiger partial charge in [-0.05, 0) is 70.3 Å². The number of rotatable bonds is 16. The summed E-state index contributed by atoms with van der Waals surface area (Å²) in [7, 11) is -2.62. The second-order valence-electron chi connectivity index (χ2n) is 13.0. The van der Waals surface area contributed by atoms with Gasteiger partial charge in [0.25, 0.3) is 0 Å². The largest absolute Gasteiger partial charge is 0.361 e. The lowest BCUT2D eigenvalue weighted by atomic mass is 10.0. The van der Waals surface area contributed by atoms with Gasteiger partial charge in [-0.3, -0.25) is 0 Å². The second kappa shape index (κ2) is 15.0. The Balaban J connectivity index is 1.86. The number of nitrogens with zero attached hydrogens (tertiary/aromatic N) is 2. The molecule has 41 heavy (non-hydrogen) atoms. The van der Waals surface area contributed by atoms with Crippen molar-refractivity contribution in [1.29, 1.82) is 0 Å². The first-order valence-corrected chi connectivity index (χ1v) is 20.0. The Hall–Kier alpha value is -1.14. The molecule has 1 aliphatic rings. The van der Waals surface area contributed by atoms with Gasteiger partial charge in [-0.25, -0.2) is 18.3 Å². The van der Waals surface area contributed by atoms with Crippen LogP contribution in [0.4, 0.5) is 4.39 Å². The summed E-state index contributed by atoms with van der Waals surface area (Å²) in [5, 5.41) is 0.333. The van der Waals surface area contributed by atoms with Crippen molar-refractivity contribution in [2.45, 2.75) is 115 Å². The molecule has 0 unspecified atom stereocenters. The zero-order valence-electron chi connectivity index (χ0n) is 25.9. The summed E-state index contributed by atoms with van der Waals surface area (Å²) in [6.45, 7) is 17.1. The maximum absolute atomic E-state index is 13.7. The third-order valence-corrected chi connectivity index (χ3v) is 10.9. The van der Waals surface area contributed by atoms with Gasteiger partial charge < -0.3 is 18.8 Å². The number of imidazole rings is 1. The van der Waals surface area contributed by atoms with Crippen molar-refractivity contribution in [1.82, 2.24) is 14.3 Å². The van der Waals surface area contributed by atoms with E-state index in [1.165, 1.54) is 12.1 Å². The summed E-state index contributed by atoms with van der Waals surface area (Å²) >= 11 is 6.85. The van der Waals surface area contributed by atoms with Crippen LogP contribution in [0.15, 0.2) is 24.3 Å². The van der Waals surface area contributed by atoms with Gasteiger partial charge in [-0.1, -0.05) is 51.0 Å². The molecule has 232 valence electrons. The molecular weight excluding hydrogens is 581 g/mol. The number of aromatic nitrogens is 2. The molecule has 0 spiro atoms.